The number of halogens is 1. The van der Waals surface area contributed by atoms with Crippen LogP contribution in [0.25, 0.3) is 0 Å². The fraction of sp³-hybridized carbons (Fsp3) is 0.417. The third-order valence-electron chi connectivity index (χ3n) is 2.81. The first-order valence-corrected chi connectivity index (χ1v) is 5.38. The Bertz CT molecular complexity index is 393. The summed E-state index contributed by atoms with van der Waals surface area (Å²) in [4.78, 5) is 11.7. The summed E-state index contributed by atoms with van der Waals surface area (Å²) in [6, 6.07) is 4.67. The van der Waals surface area contributed by atoms with Crippen LogP contribution in [0, 0.1) is 12.7 Å². The highest BCUT2D eigenvalue weighted by Crippen LogP contribution is 2.18. The van der Waals surface area contributed by atoms with E-state index in [0.29, 0.717) is 5.56 Å². The van der Waals surface area contributed by atoms with Gasteiger partial charge in [-0.1, -0.05) is 0 Å². The number of rotatable bonds is 2. The summed E-state index contributed by atoms with van der Waals surface area (Å²) in [6.07, 6.45) is 1.61. The monoisotopic (exact) mass is 222 g/mol. The Labute approximate surface area is 93.8 Å². The minimum atomic E-state index is -0.379. The summed E-state index contributed by atoms with van der Waals surface area (Å²) < 4.78 is 13.1. The van der Waals surface area contributed by atoms with E-state index in [9.17, 15) is 9.18 Å². The molecule has 0 unspecified atom stereocenters. The summed E-state index contributed by atoms with van der Waals surface area (Å²) in [7, 11) is 0. The summed E-state index contributed by atoms with van der Waals surface area (Å²) in [5, 5.41) is 2.83. The van der Waals surface area contributed by atoms with Crippen molar-refractivity contribution in [3.05, 3.63) is 35.1 Å². The molecule has 3 nitrogen and oxygen atoms in total. The molecule has 0 radical (unpaired) electrons. The highest BCUT2D eigenvalue weighted by molar-refractivity contribution is 5.94. The zero-order valence-electron chi connectivity index (χ0n) is 9.16. The van der Waals surface area contributed by atoms with Gasteiger partial charge in [0.2, 0.25) is 0 Å². The second-order valence-corrected chi connectivity index (χ2v) is 4.42. The van der Waals surface area contributed by atoms with Gasteiger partial charge in [0.05, 0.1) is 0 Å². The molecule has 0 saturated heterocycles. The van der Waals surface area contributed by atoms with E-state index < -0.39 is 0 Å². The number of benzene rings is 1. The average molecular weight is 222 g/mol. The van der Waals surface area contributed by atoms with Gasteiger partial charge < -0.3 is 11.1 Å². The van der Waals surface area contributed by atoms with Crippen LogP contribution in [0.1, 0.15) is 28.8 Å². The summed E-state index contributed by atoms with van der Waals surface area (Å²) in [6.45, 7) is 1.76. The van der Waals surface area contributed by atoms with Crippen LogP contribution in [0.15, 0.2) is 18.2 Å². The number of aryl methyl sites for hydroxylation is 1. The number of amides is 1. The Morgan fingerprint density at radius 2 is 2.12 bits per heavy atom. The molecule has 0 aromatic heterocycles. The second-order valence-electron chi connectivity index (χ2n) is 4.42. The van der Waals surface area contributed by atoms with Crippen LogP contribution in [-0.2, 0) is 0 Å². The van der Waals surface area contributed by atoms with Crippen molar-refractivity contribution in [2.24, 2.45) is 5.73 Å². The van der Waals surface area contributed by atoms with Crippen LogP contribution in [0.2, 0.25) is 0 Å². The van der Waals surface area contributed by atoms with Crippen LogP contribution < -0.4 is 11.1 Å². The number of hydrogen-bond acceptors (Lipinski definition) is 2. The Morgan fingerprint density at radius 1 is 1.44 bits per heavy atom. The van der Waals surface area contributed by atoms with Gasteiger partial charge in [0, 0.05) is 17.6 Å². The van der Waals surface area contributed by atoms with Crippen molar-refractivity contribution in [3.63, 3.8) is 0 Å². The molecular weight excluding hydrogens is 207 g/mol. The molecule has 0 spiro atoms. The zero-order valence-corrected chi connectivity index (χ0v) is 9.16. The molecule has 86 valence electrons. The van der Waals surface area contributed by atoms with Crippen LogP contribution in [0.4, 0.5) is 4.39 Å². The van der Waals surface area contributed by atoms with Gasteiger partial charge in [-0.15, -0.1) is 0 Å². The summed E-state index contributed by atoms with van der Waals surface area (Å²) >= 11 is 0. The van der Waals surface area contributed by atoms with E-state index in [4.69, 9.17) is 5.73 Å². The van der Waals surface area contributed by atoms with Crippen molar-refractivity contribution in [1.82, 2.24) is 5.32 Å². The van der Waals surface area contributed by atoms with Gasteiger partial charge in [-0.3, -0.25) is 4.79 Å². The van der Waals surface area contributed by atoms with E-state index in [0.717, 1.165) is 18.4 Å². The molecule has 1 fully saturated rings. The first-order chi connectivity index (χ1) is 7.54. The summed E-state index contributed by atoms with van der Waals surface area (Å²) in [5.41, 5.74) is 6.74. The zero-order chi connectivity index (χ0) is 11.7. The molecule has 0 aliphatic heterocycles. The summed E-state index contributed by atoms with van der Waals surface area (Å²) in [5.74, 6) is -0.602. The molecule has 1 aliphatic rings. The van der Waals surface area contributed by atoms with Crippen molar-refractivity contribution in [3.8, 4) is 0 Å². The van der Waals surface area contributed by atoms with E-state index in [2.05, 4.69) is 5.32 Å². The lowest BCUT2D eigenvalue weighted by Gasteiger charge is -2.32. The highest BCUT2D eigenvalue weighted by Gasteiger charge is 2.27. The van der Waals surface area contributed by atoms with Crippen LogP contribution in [0.5, 0.6) is 0 Å². The molecule has 2 rings (SSSR count). The van der Waals surface area contributed by atoms with Crippen molar-refractivity contribution >= 4 is 5.91 Å². The molecule has 0 heterocycles. The molecular formula is C12H15FN2O. The number of nitrogens with one attached hydrogen (secondary N) is 1. The van der Waals surface area contributed by atoms with Gasteiger partial charge in [0.15, 0.2) is 0 Å². The molecule has 1 saturated carbocycles. The molecule has 1 aliphatic carbocycles. The van der Waals surface area contributed by atoms with Gasteiger partial charge in [-0.2, -0.15) is 0 Å². The quantitative estimate of drug-likeness (QED) is 0.793. The van der Waals surface area contributed by atoms with Gasteiger partial charge >= 0.3 is 0 Å². The van der Waals surface area contributed by atoms with Gasteiger partial charge in [0.25, 0.3) is 5.91 Å². The number of carbonyl (C=O) groups is 1. The van der Waals surface area contributed by atoms with E-state index in [-0.39, 0.29) is 23.8 Å². The van der Waals surface area contributed by atoms with E-state index >= 15 is 0 Å². The van der Waals surface area contributed by atoms with Gasteiger partial charge in [0.1, 0.15) is 5.82 Å². The Morgan fingerprint density at radius 3 is 2.69 bits per heavy atom. The first-order valence-electron chi connectivity index (χ1n) is 5.38. The van der Waals surface area contributed by atoms with Crippen molar-refractivity contribution in [1.29, 1.82) is 0 Å². The van der Waals surface area contributed by atoms with Gasteiger partial charge in [-0.25, -0.2) is 4.39 Å². The molecule has 4 heteroatoms. The topological polar surface area (TPSA) is 55.1 Å². The maximum atomic E-state index is 13.1. The lowest BCUT2D eigenvalue weighted by atomic mass is 9.87. The van der Waals surface area contributed by atoms with Crippen molar-refractivity contribution in [2.45, 2.75) is 31.8 Å². The minimum Gasteiger partial charge on any atom is -0.349 e. The fourth-order valence-electron chi connectivity index (χ4n) is 1.92. The number of carbonyl (C=O) groups excluding carboxylic acids is 1. The number of hydrogen-bond donors (Lipinski definition) is 2. The van der Waals surface area contributed by atoms with E-state index in [1.807, 2.05) is 0 Å². The predicted molar refractivity (Wildman–Crippen MR) is 59.6 cm³/mol. The smallest absolute Gasteiger partial charge is 0.251 e. The Balaban J connectivity index is 2.03. The maximum absolute atomic E-state index is 13.1. The molecule has 0 atom stereocenters. The normalized spacial score (nSPS) is 23.7. The predicted octanol–water partition coefficient (Wildman–Crippen LogP) is 1.35. The molecule has 16 heavy (non-hydrogen) atoms. The Kier molecular flexibility index (Phi) is 2.92. The fourth-order valence-corrected chi connectivity index (χ4v) is 1.92. The largest absolute Gasteiger partial charge is 0.349 e. The molecule has 3 N–H and O–H groups in total. The van der Waals surface area contributed by atoms with Crippen molar-refractivity contribution < 1.29 is 9.18 Å². The minimum absolute atomic E-state index is 0.145. The van der Waals surface area contributed by atoms with E-state index in [1.54, 1.807) is 13.0 Å². The van der Waals surface area contributed by atoms with Crippen molar-refractivity contribution in [2.75, 3.05) is 0 Å². The SMILES string of the molecule is Cc1cc(F)cc(C(=O)NC2CC(N)C2)c1. The lowest BCUT2D eigenvalue weighted by Crippen LogP contribution is -2.50. The second kappa shape index (κ2) is 4.22. The third-order valence-corrected chi connectivity index (χ3v) is 2.81. The lowest BCUT2D eigenvalue weighted by molar-refractivity contribution is 0.0909. The Hall–Kier alpha value is -1.42. The molecule has 0 bridgehead atoms. The highest BCUT2D eigenvalue weighted by atomic mass is 19.1. The first kappa shape index (κ1) is 11.1. The van der Waals surface area contributed by atoms with E-state index in [1.165, 1.54) is 12.1 Å². The van der Waals surface area contributed by atoms with Gasteiger partial charge in [-0.05, 0) is 43.5 Å². The standard InChI is InChI=1S/C12H15FN2O/c1-7-2-8(4-9(13)3-7)12(16)15-11-5-10(14)6-11/h2-4,10-11H,5-6,14H2,1H3,(H,15,16). The molecule has 1 aromatic carbocycles. The third kappa shape index (κ3) is 2.39. The van der Waals surface area contributed by atoms with Crippen LogP contribution in [-0.4, -0.2) is 18.0 Å². The van der Waals surface area contributed by atoms with Crippen LogP contribution >= 0.6 is 0 Å². The number of nitrogens with two attached hydrogens (primary N) is 1. The maximum Gasteiger partial charge on any atom is 0.251 e. The van der Waals surface area contributed by atoms with Crippen LogP contribution in [0.3, 0.4) is 0 Å². The average Bonchev–Trinajstić information content (AvgIpc) is 2.13. The molecule has 1 aromatic rings. The molecule has 1 amide bonds.